The molecule has 0 aliphatic carbocycles. The Labute approximate surface area is 148 Å². The van der Waals surface area contributed by atoms with Gasteiger partial charge in [-0.2, -0.15) is 0 Å². The van der Waals surface area contributed by atoms with Gasteiger partial charge in [0.25, 0.3) is 0 Å². The van der Waals surface area contributed by atoms with Gasteiger partial charge in [0.1, 0.15) is 0 Å². The molecule has 1 aromatic carbocycles. The van der Waals surface area contributed by atoms with Gasteiger partial charge in [-0.1, -0.05) is 20.8 Å². The highest BCUT2D eigenvalue weighted by Gasteiger charge is 2.22. The number of thioether (sulfide) groups is 1. The highest BCUT2D eigenvalue weighted by atomic mass is 32.2. The minimum atomic E-state index is -0.868. The van der Waals surface area contributed by atoms with Gasteiger partial charge in [0.05, 0.1) is 0 Å². The van der Waals surface area contributed by atoms with Crippen LogP contribution in [0.1, 0.15) is 53.0 Å². The molecule has 0 spiro atoms. The fourth-order valence-electron chi connectivity index (χ4n) is 2.14. The Morgan fingerprint density at radius 3 is 2.29 bits per heavy atom. The minimum Gasteiger partial charge on any atom is -0.481 e. The molecule has 0 bridgehead atoms. The molecule has 0 unspecified atom stereocenters. The molecule has 0 fully saturated rings. The molecule has 0 atom stereocenters. The van der Waals surface area contributed by atoms with Crippen LogP contribution in [0, 0.1) is 6.92 Å². The molecule has 2 amide bonds. The van der Waals surface area contributed by atoms with E-state index in [9.17, 15) is 9.59 Å². The topological polar surface area (TPSA) is 78.4 Å². The van der Waals surface area contributed by atoms with E-state index in [1.165, 1.54) is 0 Å². The van der Waals surface area contributed by atoms with Crippen LogP contribution in [-0.4, -0.2) is 27.4 Å². The van der Waals surface area contributed by atoms with Crippen LogP contribution in [0.3, 0.4) is 0 Å². The summed E-state index contributed by atoms with van der Waals surface area (Å²) in [4.78, 5) is 24.0. The van der Waals surface area contributed by atoms with Crippen LogP contribution < -0.4 is 10.6 Å². The van der Waals surface area contributed by atoms with Crippen LogP contribution in [-0.2, 0) is 4.79 Å². The fraction of sp³-hybridized carbons (Fsp3) is 0.556. The average Bonchev–Trinajstić information content (AvgIpc) is 2.37. The summed E-state index contributed by atoms with van der Waals surface area (Å²) in [6.45, 7) is 12.1. The summed E-state index contributed by atoms with van der Waals surface area (Å²) >= 11 is 1.78. The minimum absolute atomic E-state index is 0.0189. The number of carboxylic acid groups (broad SMARTS) is 1. The maximum atomic E-state index is 12.2. The van der Waals surface area contributed by atoms with Crippen molar-refractivity contribution < 1.29 is 14.7 Å². The fourth-order valence-corrected chi connectivity index (χ4v) is 3.22. The summed E-state index contributed by atoms with van der Waals surface area (Å²) in [7, 11) is 0. The van der Waals surface area contributed by atoms with Gasteiger partial charge in [0.2, 0.25) is 0 Å². The van der Waals surface area contributed by atoms with Gasteiger partial charge < -0.3 is 15.7 Å². The number of amides is 2. The van der Waals surface area contributed by atoms with Gasteiger partial charge in [0.15, 0.2) is 0 Å². The molecule has 1 rings (SSSR count). The van der Waals surface area contributed by atoms with Gasteiger partial charge in [-0.3, -0.25) is 4.79 Å². The van der Waals surface area contributed by atoms with Crippen LogP contribution in [0.25, 0.3) is 0 Å². The first-order valence-electron chi connectivity index (χ1n) is 7.99. The van der Waals surface area contributed by atoms with Crippen LogP contribution in [0.4, 0.5) is 10.5 Å². The maximum absolute atomic E-state index is 12.2. The molecule has 0 aliphatic heterocycles. The van der Waals surface area contributed by atoms with Gasteiger partial charge in [-0.05, 0) is 51.0 Å². The average molecular weight is 353 g/mol. The molecule has 1 aromatic rings. The third-order valence-electron chi connectivity index (χ3n) is 3.29. The lowest BCUT2D eigenvalue weighted by molar-refractivity contribution is -0.137. The van der Waals surface area contributed by atoms with E-state index in [-0.39, 0.29) is 17.2 Å². The first-order valence-corrected chi connectivity index (χ1v) is 8.80. The second-order valence-corrected chi connectivity index (χ2v) is 9.45. The van der Waals surface area contributed by atoms with Crippen molar-refractivity contribution in [2.75, 3.05) is 5.32 Å². The predicted octanol–water partition coefficient (Wildman–Crippen LogP) is 4.65. The number of benzene rings is 1. The van der Waals surface area contributed by atoms with Crippen molar-refractivity contribution in [3.8, 4) is 0 Å². The normalized spacial score (nSPS) is 11.9. The third kappa shape index (κ3) is 7.73. The van der Waals surface area contributed by atoms with Crippen molar-refractivity contribution in [2.24, 2.45) is 0 Å². The van der Waals surface area contributed by atoms with Gasteiger partial charge >= 0.3 is 12.0 Å². The number of carbonyl (C=O) groups is 2. The van der Waals surface area contributed by atoms with Crippen LogP contribution >= 0.6 is 11.8 Å². The number of carboxylic acids is 1. The summed E-state index contributed by atoms with van der Waals surface area (Å²) < 4.78 is 0.132. The molecule has 0 radical (unpaired) electrons. The molecule has 0 saturated heterocycles. The number of rotatable bonds is 6. The highest BCUT2D eigenvalue weighted by molar-refractivity contribution is 8.00. The Morgan fingerprint density at radius 2 is 1.79 bits per heavy atom. The molecule has 6 heteroatoms. The number of urea groups is 1. The molecule has 0 aromatic heterocycles. The van der Waals surface area contributed by atoms with Gasteiger partial charge in [0, 0.05) is 27.3 Å². The van der Waals surface area contributed by atoms with Crippen molar-refractivity contribution in [3.05, 3.63) is 23.8 Å². The third-order valence-corrected chi connectivity index (χ3v) is 4.39. The van der Waals surface area contributed by atoms with Crippen LogP contribution in [0.15, 0.2) is 23.1 Å². The van der Waals surface area contributed by atoms with Gasteiger partial charge in [-0.15, -0.1) is 11.8 Å². The Morgan fingerprint density at radius 1 is 1.17 bits per heavy atom. The number of aryl methyl sites for hydroxylation is 1. The number of hydrogen-bond donors (Lipinski definition) is 3. The molecule has 0 aliphatic rings. The van der Waals surface area contributed by atoms with Crippen LogP contribution in [0.2, 0.25) is 0 Å². The van der Waals surface area contributed by atoms with E-state index in [2.05, 4.69) is 37.5 Å². The lowest BCUT2D eigenvalue weighted by Crippen LogP contribution is -2.45. The number of nitrogens with one attached hydrogen (secondary N) is 2. The molecule has 24 heavy (non-hydrogen) atoms. The van der Waals surface area contributed by atoms with E-state index in [1.54, 1.807) is 11.8 Å². The van der Waals surface area contributed by atoms with Crippen molar-refractivity contribution in [3.63, 3.8) is 0 Å². The zero-order valence-electron chi connectivity index (χ0n) is 15.3. The summed E-state index contributed by atoms with van der Waals surface area (Å²) in [5, 5.41) is 14.4. The van der Waals surface area contributed by atoms with E-state index >= 15 is 0 Å². The van der Waals surface area contributed by atoms with Crippen molar-refractivity contribution in [1.82, 2.24) is 5.32 Å². The number of hydrogen-bond acceptors (Lipinski definition) is 3. The van der Waals surface area contributed by atoms with E-state index in [1.807, 2.05) is 32.9 Å². The first kappa shape index (κ1) is 20.4. The van der Waals surface area contributed by atoms with E-state index in [0.29, 0.717) is 6.42 Å². The molecule has 0 heterocycles. The molecular formula is C18H28N2O3S. The zero-order chi connectivity index (χ0) is 18.5. The second kappa shape index (κ2) is 7.92. The first-order chi connectivity index (χ1) is 10.9. The number of carbonyl (C=O) groups excluding carboxylic acids is 1. The largest absolute Gasteiger partial charge is 0.481 e. The zero-order valence-corrected chi connectivity index (χ0v) is 16.1. The molecular weight excluding hydrogens is 324 g/mol. The number of aliphatic carboxylic acids is 1. The monoisotopic (exact) mass is 352 g/mol. The van der Waals surface area contributed by atoms with E-state index in [0.717, 1.165) is 16.1 Å². The standard InChI is InChI=1S/C18H28N2O3S/c1-12-11-13(24-17(2,3)4)7-8-14(12)19-16(23)20-18(5,6)10-9-15(21)22/h7-8,11H,9-10H2,1-6H3,(H,21,22)(H2,19,20,23). The Balaban J connectivity index is 2.68. The summed E-state index contributed by atoms with van der Waals surface area (Å²) in [5.41, 5.74) is 1.15. The summed E-state index contributed by atoms with van der Waals surface area (Å²) in [5.74, 6) is -0.868. The van der Waals surface area contributed by atoms with Crippen molar-refractivity contribution in [2.45, 2.75) is 69.6 Å². The summed E-state index contributed by atoms with van der Waals surface area (Å²) in [6, 6.07) is 5.62. The summed E-state index contributed by atoms with van der Waals surface area (Å²) in [6.07, 6.45) is 0.390. The maximum Gasteiger partial charge on any atom is 0.319 e. The highest BCUT2D eigenvalue weighted by Crippen LogP contribution is 2.33. The van der Waals surface area contributed by atoms with Crippen LogP contribution in [0.5, 0.6) is 0 Å². The van der Waals surface area contributed by atoms with E-state index < -0.39 is 11.5 Å². The SMILES string of the molecule is Cc1cc(SC(C)(C)C)ccc1NC(=O)NC(C)(C)CCC(=O)O. The quantitative estimate of drug-likeness (QED) is 0.651. The Bertz CT molecular complexity index is 607. The Kier molecular flexibility index (Phi) is 6.72. The Hall–Kier alpha value is -1.69. The number of anilines is 1. The van der Waals surface area contributed by atoms with Crippen molar-refractivity contribution >= 4 is 29.4 Å². The lowest BCUT2D eigenvalue weighted by atomic mass is 9.99. The molecule has 0 saturated carbocycles. The smallest absolute Gasteiger partial charge is 0.319 e. The molecule has 5 nitrogen and oxygen atoms in total. The van der Waals surface area contributed by atoms with Crippen molar-refractivity contribution in [1.29, 1.82) is 0 Å². The lowest BCUT2D eigenvalue weighted by Gasteiger charge is -2.26. The predicted molar refractivity (Wildman–Crippen MR) is 99.9 cm³/mol. The molecule has 134 valence electrons. The molecule has 3 N–H and O–H groups in total. The second-order valence-electron chi connectivity index (χ2n) is 7.55. The van der Waals surface area contributed by atoms with E-state index in [4.69, 9.17) is 5.11 Å². The van der Waals surface area contributed by atoms with Gasteiger partial charge in [-0.25, -0.2) is 4.79 Å².